The van der Waals surface area contributed by atoms with Gasteiger partial charge in [-0.1, -0.05) is 20.3 Å². The summed E-state index contributed by atoms with van der Waals surface area (Å²) in [6.45, 7) is 9.14. The van der Waals surface area contributed by atoms with Gasteiger partial charge in [0, 0.05) is 19.2 Å². The number of hydrogen-bond acceptors (Lipinski definition) is 2. The molecule has 0 aromatic heterocycles. The van der Waals surface area contributed by atoms with Crippen LogP contribution in [0.15, 0.2) is 0 Å². The lowest BCUT2D eigenvalue weighted by molar-refractivity contribution is 0.103. The second kappa shape index (κ2) is 5.05. The highest BCUT2D eigenvalue weighted by Gasteiger charge is 2.29. The molecule has 1 N–H and O–H groups in total. The first-order valence-electron chi connectivity index (χ1n) is 6.92. The molecule has 1 saturated carbocycles. The van der Waals surface area contributed by atoms with Crippen molar-refractivity contribution in [1.29, 1.82) is 0 Å². The van der Waals surface area contributed by atoms with E-state index in [0.717, 1.165) is 25.1 Å². The van der Waals surface area contributed by atoms with E-state index in [2.05, 4.69) is 26.1 Å². The van der Waals surface area contributed by atoms with Gasteiger partial charge < -0.3 is 10.1 Å². The molecule has 1 aliphatic heterocycles. The normalized spacial score (nSPS) is 38.8. The van der Waals surface area contributed by atoms with Gasteiger partial charge in [0.1, 0.15) is 0 Å². The molecule has 2 rings (SSSR count). The Bertz CT molecular complexity index is 227. The molecular formula is C14H27NO. The molecule has 2 heteroatoms. The molecule has 0 bridgehead atoms. The summed E-state index contributed by atoms with van der Waals surface area (Å²) in [7, 11) is 0. The number of ether oxygens (including phenoxy) is 1. The highest BCUT2D eigenvalue weighted by Crippen LogP contribution is 2.35. The van der Waals surface area contributed by atoms with Crippen LogP contribution in [0.5, 0.6) is 0 Å². The molecule has 0 radical (unpaired) electrons. The maximum absolute atomic E-state index is 5.61. The minimum absolute atomic E-state index is 0.462. The van der Waals surface area contributed by atoms with Crippen LogP contribution in [0.3, 0.4) is 0 Å². The lowest BCUT2D eigenvalue weighted by atomic mass is 9.75. The molecule has 94 valence electrons. The summed E-state index contributed by atoms with van der Waals surface area (Å²) < 4.78 is 5.61. The minimum Gasteiger partial charge on any atom is -0.378 e. The Hall–Kier alpha value is -0.0800. The highest BCUT2D eigenvalue weighted by molar-refractivity contribution is 4.85. The van der Waals surface area contributed by atoms with Crippen molar-refractivity contribution in [2.24, 2.45) is 11.3 Å². The minimum atomic E-state index is 0.462. The quantitative estimate of drug-likeness (QED) is 0.797. The van der Waals surface area contributed by atoms with E-state index >= 15 is 0 Å². The maximum atomic E-state index is 5.61. The Morgan fingerprint density at radius 2 is 2.12 bits per heavy atom. The molecule has 3 atom stereocenters. The van der Waals surface area contributed by atoms with E-state index in [1.165, 1.54) is 32.1 Å². The summed E-state index contributed by atoms with van der Waals surface area (Å²) in [5, 5.41) is 3.77. The molecule has 0 aromatic carbocycles. The predicted molar refractivity (Wildman–Crippen MR) is 67.6 cm³/mol. The fourth-order valence-corrected chi connectivity index (χ4v) is 3.23. The Labute approximate surface area is 100 Å². The fourth-order valence-electron chi connectivity index (χ4n) is 3.23. The first-order chi connectivity index (χ1) is 7.57. The van der Waals surface area contributed by atoms with E-state index in [9.17, 15) is 0 Å². The molecule has 1 aliphatic carbocycles. The average molecular weight is 225 g/mol. The largest absolute Gasteiger partial charge is 0.378 e. The van der Waals surface area contributed by atoms with Crippen LogP contribution in [0, 0.1) is 11.3 Å². The Balaban J connectivity index is 1.73. The molecule has 2 nitrogen and oxygen atoms in total. The number of nitrogens with one attached hydrogen (secondary N) is 1. The molecule has 0 aromatic rings. The van der Waals surface area contributed by atoms with Crippen molar-refractivity contribution in [3.8, 4) is 0 Å². The van der Waals surface area contributed by atoms with Crippen LogP contribution >= 0.6 is 0 Å². The first kappa shape index (κ1) is 12.4. The third kappa shape index (κ3) is 3.21. The zero-order valence-corrected chi connectivity index (χ0v) is 11.1. The summed E-state index contributed by atoms with van der Waals surface area (Å²) in [5.74, 6) is 0.741. The summed E-state index contributed by atoms with van der Waals surface area (Å²) in [5.41, 5.74) is 0.549. The average Bonchev–Trinajstić information content (AvgIpc) is 2.60. The maximum Gasteiger partial charge on any atom is 0.0588 e. The molecule has 16 heavy (non-hydrogen) atoms. The molecule has 0 spiro atoms. The van der Waals surface area contributed by atoms with Crippen molar-refractivity contribution in [2.75, 3.05) is 13.2 Å². The van der Waals surface area contributed by atoms with Gasteiger partial charge in [-0.05, 0) is 43.9 Å². The van der Waals surface area contributed by atoms with Crippen LogP contribution in [-0.4, -0.2) is 25.3 Å². The number of hydrogen-bond donors (Lipinski definition) is 1. The zero-order valence-electron chi connectivity index (χ0n) is 11.1. The van der Waals surface area contributed by atoms with Crippen molar-refractivity contribution in [1.82, 2.24) is 5.32 Å². The molecule has 1 heterocycles. The Kier molecular flexibility index (Phi) is 3.91. The SMILES string of the molecule is CC1OCCC1CNC1CCCC(C)(C)C1. The van der Waals surface area contributed by atoms with Gasteiger partial charge in [0.2, 0.25) is 0 Å². The second-order valence-electron chi connectivity index (χ2n) is 6.49. The third-order valence-corrected chi connectivity index (χ3v) is 4.41. The van der Waals surface area contributed by atoms with E-state index in [0.29, 0.717) is 11.5 Å². The molecular weight excluding hydrogens is 198 g/mol. The molecule has 0 amide bonds. The lowest BCUT2D eigenvalue weighted by Crippen LogP contribution is -2.40. The van der Waals surface area contributed by atoms with Crippen LogP contribution in [0.4, 0.5) is 0 Å². The van der Waals surface area contributed by atoms with E-state index in [4.69, 9.17) is 4.74 Å². The zero-order chi connectivity index (χ0) is 11.6. The summed E-state index contributed by atoms with van der Waals surface area (Å²) in [4.78, 5) is 0. The van der Waals surface area contributed by atoms with Crippen LogP contribution in [0.1, 0.15) is 52.9 Å². The van der Waals surface area contributed by atoms with Gasteiger partial charge in [0.25, 0.3) is 0 Å². The van der Waals surface area contributed by atoms with Crippen LogP contribution < -0.4 is 5.32 Å². The molecule has 2 aliphatic rings. The summed E-state index contributed by atoms with van der Waals surface area (Å²) in [6, 6.07) is 0.747. The second-order valence-corrected chi connectivity index (χ2v) is 6.49. The number of rotatable bonds is 3. The summed E-state index contributed by atoms with van der Waals surface area (Å²) in [6.07, 6.45) is 7.20. The Morgan fingerprint density at radius 1 is 1.31 bits per heavy atom. The highest BCUT2D eigenvalue weighted by atomic mass is 16.5. The van der Waals surface area contributed by atoms with E-state index in [1.54, 1.807) is 0 Å². The van der Waals surface area contributed by atoms with Crippen LogP contribution in [-0.2, 0) is 4.74 Å². The first-order valence-corrected chi connectivity index (χ1v) is 6.92. The van der Waals surface area contributed by atoms with Crippen molar-refractivity contribution in [2.45, 2.75) is 65.0 Å². The molecule has 3 unspecified atom stereocenters. The van der Waals surface area contributed by atoms with Crippen molar-refractivity contribution in [3.05, 3.63) is 0 Å². The van der Waals surface area contributed by atoms with Crippen molar-refractivity contribution >= 4 is 0 Å². The Morgan fingerprint density at radius 3 is 2.75 bits per heavy atom. The topological polar surface area (TPSA) is 21.3 Å². The molecule has 2 fully saturated rings. The van der Waals surface area contributed by atoms with Crippen LogP contribution in [0.25, 0.3) is 0 Å². The van der Waals surface area contributed by atoms with Gasteiger partial charge in [-0.2, -0.15) is 0 Å². The van der Waals surface area contributed by atoms with Gasteiger partial charge in [-0.3, -0.25) is 0 Å². The van der Waals surface area contributed by atoms with Gasteiger partial charge in [0.15, 0.2) is 0 Å². The van der Waals surface area contributed by atoms with Crippen LogP contribution in [0.2, 0.25) is 0 Å². The van der Waals surface area contributed by atoms with E-state index < -0.39 is 0 Å². The third-order valence-electron chi connectivity index (χ3n) is 4.41. The standard InChI is InChI=1S/C14H27NO/c1-11-12(6-8-16-11)10-15-13-5-4-7-14(2,3)9-13/h11-13,15H,4-10H2,1-3H3. The van der Waals surface area contributed by atoms with Gasteiger partial charge >= 0.3 is 0 Å². The summed E-state index contributed by atoms with van der Waals surface area (Å²) >= 11 is 0. The van der Waals surface area contributed by atoms with E-state index in [-0.39, 0.29) is 0 Å². The predicted octanol–water partition coefficient (Wildman–Crippen LogP) is 2.97. The fraction of sp³-hybridized carbons (Fsp3) is 1.00. The molecule has 1 saturated heterocycles. The van der Waals surface area contributed by atoms with Crippen molar-refractivity contribution < 1.29 is 4.74 Å². The van der Waals surface area contributed by atoms with Gasteiger partial charge in [-0.15, -0.1) is 0 Å². The lowest BCUT2D eigenvalue weighted by Gasteiger charge is -2.36. The van der Waals surface area contributed by atoms with E-state index in [1.807, 2.05) is 0 Å². The van der Waals surface area contributed by atoms with Crippen molar-refractivity contribution in [3.63, 3.8) is 0 Å². The van der Waals surface area contributed by atoms with Gasteiger partial charge in [-0.25, -0.2) is 0 Å². The van der Waals surface area contributed by atoms with Gasteiger partial charge in [0.05, 0.1) is 6.10 Å². The monoisotopic (exact) mass is 225 g/mol. The smallest absolute Gasteiger partial charge is 0.0588 e.